The smallest absolute Gasteiger partial charge is 0.195 e. The van der Waals surface area contributed by atoms with Crippen molar-refractivity contribution >= 4 is 10.2 Å². The van der Waals surface area contributed by atoms with Gasteiger partial charge in [0.25, 0.3) is 10.2 Å². The van der Waals surface area contributed by atoms with Gasteiger partial charge < -0.3 is 0 Å². The second-order valence-electron chi connectivity index (χ2n) is 4.63. The van der Waals surface area contributed by atoms with E-state index in [4.69, 9.17) is 0 Å². The van der Waals surface area contributed by atoms with Gasteiger partial charge in [-0.2, -0.15) is 30.6 Å². The maximum absolute atomic E-state index is 12.0. The first-order valence-corrected chi connectivity index (χ1v) is 7.29. The number of hydrogen-bond acceptors (Lipinski definition) is 2. The zero-order valence-corrected chi connectivity index (χ0v) is 12.3. The van der Waals surface area contributed by atoms with Crippen LogP contribution in [0.25, 0.3) is 0 Å². The van der Waals surface area contributed by atoms with Crippen molar-refractivity contribution in [3.8, 4) is 0 Å². The summed E-state index contributed by atoms with van der Waals surface area (Å²) in [6.07, 6.45) is -4.58. The van der Waals surface area contributed by atoms with Gasteiger partial charge in [-0.25, -0.2) is 0 Å². The molecule has 0 spiro atoms. The van der Waals surface area contributed by atoms with Crippen molar-refractivity contribution in [1.29, 1.82) is 0 Å². The number of nitrogens with one attached hydrogen (secondary N) is 1. The molecule has 0 bridgehead atoms. The first kappa shape index (κ1) is 16.9. The van der Waals surface area contributed by atoms with E-state index >= 15 is 0 Å². The minimum absolute atomic E-state index is 0.0146. The van der Waals surface area contributed by atoms with Gasteiger partial charge in [-0.3, -0.25) is 0 Å². The minimum atomic E-state index is -4.58. The van der Waals surface area contributed by atoms with E-state index in [0.29, 0.717) is 0 Å². The van der Waals surface area contributed by atoms with Crippen LogP contribution in [0.15, 0.2) is 18.2 Å². The van der Waals surface area contributed by atoms with E-state index in [9.17, 15) is 21.6 Å². The lowest BCUT2D eigenvalue weighted by molar-refractivity contribution is -0.121. The van der Waals surface area contributed by atoms with Crippen molar-refractivity contribution in [2.75, 3.05) is 13.6 Å². The van der Waals surface area contributed by atoms with Crippen LogP contribution in [0.2, 0.25) is 0 Å². The van der Waals surface area contributed by atoms with Crippen molar-refractivity contribution < 1.29 is 21.6 Å². The van der Waals surface area contributed by atoms with E-state index in [2.05, 4.69) is 0 Å². The van der Waals surface area contributed by atoms with Crippen LogP contribution in [0.1, 0.15) is 16.7 Å². The first-order valence-electron chi connectivity index (χ1n) is 5.85. The number of aryl methyl sites for hydroxylation is 2. The summed E-state index contributed by atoms with van der Waals surface area (Å²) in [6, 6.07) is 5.54. The van der Waals surface area contributed by atoms with E-state index in [0.717, 1.165) is 21.0 Å². The zero-order chi connectivity index (χ0) is 15.6. The molecule has 0 unspecified atom stereocenters. The third-order valence-electron chi connectivity index (χ3n) is 2.76. The number of halogens is 3. The lowest BCUT2D eigenvalue weighted by Gasteiger charge is -2.19. The molecule has 114 valence electrons. The number of hydrogen-bond donors (Lipinski definition) is 1. The normalized spacial score (nSPS) is 12.9. The van der Waals surface area contributed by atoms with Crippen LogP contribution in [-0.2, 0) is 16.8 Å². The van der Waals surface area contributed by atoms with E-state index < -0.39 is 22.9 Å². The fourth-order valence-corrected chi connectivity index (χ4v) is 2.45. The quantitative estimate of drug-likeness (QED) is 0.906. The predicted octanol–water partition coefficient (Wildman–Crippen LogP) is 2.13. The highest BCUT2D eigenvalue weighted by Gasteiger charge is 2.30. The summed E-state index contributed by atoms with van der Waals surface area (Å²) in [4.78, 5) is 0. The van der Waals surface area contributed by atoms with Crippen LogP contribution < -0.4 is 4.72 Å². The van der Waals surface area contributed by atoms with E-state index in [-0.39, 0.29) is 6.54 Å². The molecule has 0 fully saturated rings. The lowest BCUT2D eigenvalue weighted by Crippen LogP contribution is -2.42. The third kappa shape index (κ3) is 5.10. The standard InChI is InChI=1S/C12H17F3N2O2S/c1-9-4-5-10(2)11(6-9)7-17(3)20(18,19)16-8-12(13,14)15/h4-6,16H,7-8H2,1-3H3. The molecule has 1 N–H and O–H groups in total. The van der Waals surface area contributed by atoms with Crippen molar-refractivity contribution in [1.82, 2.24) is 9.03 Å². The summed E-state index contributed by atoms with van der Waals surface area (Å²) in [5.41, 5.74) is 2.60. The van der Waals surface area contributed by atoms with Gasteiger partial charge in [0, 0.05) is 13.6 Å². The highest BCUT2D eigenvalue weighted by molar-refractivity contribution is 7.87. The fraction of sp³-hybridized carbons (Fsp3) is 0.500. The molecule has 0 saturated heterocycles. The Labute approximate surface area is 116 Å². The monoisotopic (exact) mass is 310 g/mol. The summed E-state index contributed by atoms with van der Waals surface area (Å²) < 4.78 is 61.9. The van der Waals surface area contributed by atoms with E-state index in [1.807, 2.05) is 32.0 Å². The fourth-order valence-electron chi connectivity index (χ4n) is 1.58. The van der Waals surface area contributed by atoms with Gasteiger partial charge in [-0.05, 0) is 25.0 Å². The highest BCUT2D eigenvalue weighted by atomic mass is 32.2. The predicted molar refractivity (Wildman–Crippen MR) is 70.4 cm³/mol. The summed E-state index contributed by atoms with van der Waals surface area (Å²) in [6.45, 7) is 2.12. The number of alkyl halides is 3. The van der Waals surface area contributed by atoms with Crippen LogP contribution in [0, 0.1) is 13.8 Å². The molecule has 0 aliphatic carbocycles. The lowest BCUT2D eigenvalue weighted by atomic mass is 10.1. The molecule has 1 aromatic rings. The molecule has 0 aliphatic heterocycles. The van der Waals surface area contributed by atoms with Crippen molar-refractivity contribution in [2.45, 2.75) is 26.6 Å². The number of nitrogens with zero attached hydrogens (tertiary/aromatic N) is 1. The molecule has 0 atom stereocenters. The maximum Gasteiger partial charge on any atom is 0.402 e. The van der Waals surface area contributed by atoms with Crippen LogP contribution in [0.4, 0.5) is 13.2 Å². The summed E-state index contributed by atoms with van der Waals surface area (Å²) >= 11 is 0. The average Bonchev–Trinajstić information content (AvgIpc) is 2.30. The maximum atomic E-state index is 12.0. The SMILES string of the molecule is Cc1ccc(C)c(CN(C)S(=O)(=O)NCC(F)(F)F)c1. The Bertz CT molecular complexity index is 571. The minimum Gasteiger partial charge on any atom is -0.195 e. The van der Waals surface area contributed by atoms with E-state index in [1.54, 1.807) is 0 Å². The molecule has 20 heavy (non-hydrogen) atoms. The van der Waals surface area contributed by atoms with Gasteiger partial charge in [-0.1, -0.05) is 23.8 Å². The molecule has 0 amide bonds. The molecule has 1 rings (SSSR count). The molecular formula is C12H17F3N2O2S. The number of rotatable bonds is 5. The summed E-state index contributed by atoms with van der Waals surface area (Å²) in [5.74, 6) is 0. The Morgan fingerprint density at radius 1 is 1.25 bits per heavy atom. The van der Waals surface area contributed by atoms with Crippen molar-refractivity contribution in [2.24, 2.45) is 0 Å². The highest BCUT2D eigenvalue weighted by Crippen LogP contribution is 2.16. The van der Waals surface area contributed by atoms with Gasteiger partial charge in [0.15, 0.2) is 0 Å². The van der Waals surface area contributed by atoms with Gasteiger partial charge in [0.1, 0.15) is 6.54 Å². The van der Waals surface area contributed by atoms with Crippen LogP contribution >= 0.6 is 0 Å². The average molecular weight is 310 g/mol. The zero-order valence-electron chi connectivity index (χ0n) is 11.5. The second-order valence-corrected chi connectivity index (χ2v) is 6.49. The van der Waals surface area contributed by atoms with Crippen molar-refractivity contribution in [3.05, 3.63) is 34.9 Å². The third-order valence-corrected chi connectivity index (χ3v) is 4.22. The molecule has 4 nitrogen and oxygen atoms in total. The Morgan fingerprint density at radius 2 is 1.85 bits per heavy atom. The molecule has 1 aromatic carbocycles. The van der Waals surface area contributed by atoms with Crippen molar-refractivity contribution in [3.63, 3.8) is 0 Å². The molecule has 8 heteroatoms. The van der Waals surface area contributed by atoms with Crippen LogP contribution in [0.5, 0.6) is 0 Å². The molecule has 0 aromatic heterocycles. The molecule has 0 aliphatic rings. The Balaban J connectivity index is 2.79. The molecule has 0 heterocycles. The first-order chi connectivity index (χ1) is 9.01. The number of benzene rings is 1. The molecule has 0 saturated carbocycles. The van der Waals surface area contributed by atoms with Gasteiger partial charge in [0.2, 0.25) is 0 Å². The van der Waals surface area contributed by atoms with Gasteiger partial charge >= 0.3 is 6.18 Å². The van der Waals surface area contributed by atoms with E-state index in [1.165, 1.54) is 11.8 Å². The second kappa shape index (κ2) is 6.11. The summed E-state index contributed by atoms with van der Waals surface area (Å²) in [5, 5.41) is 0. The van der Waals surface area contributed by atoms with Crippen LogP contribution in [0.3, 0.4) is 0 Å². The summed E-state index contributed by atoms with van der Waals surface area (Å²) in [7, 11) is -2.92. The van der Waals surface area contributed by atoms with Gasteiger partial charge in [0.05, 0.1) is 0 Å². The van der Waals surface area contributed by atoms with Gasteiger partial charge in [-0.15, -0.1) is 0 Å². The largest absolute Gasteiger partial charge is 0.402 e. The Kier molecular flexibility index (Phi) is 5.17. The van der Waals surface area contributed by atoms with Crippen LogP contribution in [-0.4, -0.2) is 32.5 Å². The Morgan fingerprint density at radius 3 is 2.40 bits per heavy atom. The Hall–Kier alpha value is -1.12. The molecular weight excluding hydrogens is 293 g/mol. The topological polar surface area (TPSA) is 49.4 Å². The molecule has 0 radical (unpaired) electrons.